The van der Waals surface area contributed by atoms with Crippen LogP contribution in [0.4, 0.5) is 13.2 Å². The number of hydrogen-bond donors (Lipinski definition) is 1. The van der Waals surface area contributed by atoms with Gasteiger partial charge in [-0.2, -0.15) is 13.2 Å². The number of halogens is 3. The molecular formula is C10H17F3N2O. The van der Waals surface area contributed by atoms with E-state index in [1.165, 1.54) is 0 Å². The summed E-state index contributed by atoms with van der Waals surface area (Å²) in [5.41, 5.74) is 0. The van der Waals surface area contributed by atoms with Crippen molar-refractivity contribution >= 4 is 5.91 Å². The molecule has 1 atom stereocenters. The standard InChI is InChI=1S/C10H17F3N2O/c1-2-9(16)15-5-3-4-8(6-15)14-7-10(11,12)13/h8,14H,2-7H2,1H3. The number of alkyl halides is 3. The first-order valence-corrected chi connectivity index (χ1v) is 5.50. The van der Waals surface area contributed by atoms with E-state index in [4.69, 9.17) is 0 Å². The zero-order valence-corrected chi connectivity index (χ0v) is 9.31. The lowest BCUT2D eigenvalue weighted by Crippen LogP contribution is -2.49. The Hall–Kier alpha value is -0.780. The summed E-state index contributed by atoms with van der Waals surface area (Å²) in [6, 6.07) is -0.231. The molecule has 0 saturated carbocycles. The van der Waals surface area contributed by atoms with Crippen molar-refractivity contribution in [1.29, 1.82) is 0 Å². The fourth-order valence-corrected chi connectivity index (χ4v) is 1.85. The van der Waals surface area contributed by atoms with Gasteiger partial charge in [-0.1, -0.05) is 6.92 Å². The van der Waals surface area contributed by atoms with Crippen molar-refractivity contribution in [2.24, 2.45) is 0 Å². The van der Waals surface area contributed by atoms with Gasteiger partial charge in [0.1, 0.15) is 0 Å². The largest absolute Gasteiger partial charge is 0.401 e. The minimum Gasteiger partial charge on any atom is -0.341 e. The number of nitrogens with one attached hydrogen (secondary N) is 1. The van der Waals surface area contributed by atoms with Crippen LogP contribution in [0.5, 0.6) is 0 Å². The molecule has 1 aliphatic rings. The second-order valence-electron chi connectivity index (χ2n) is 4.03. The molecule has 1 heterocycles. The van der Waals surface area contributed by atoms with Gasteiger partial charge in [0.15, 0.2) is 0 Å². The van der Waals surface area contributed by atoms with Crippen molar-refractivity contribution in [1.82, 2.24) is 10.2 Å². The number of nitrogens with zero attached hydrogens (tertiary/aromatic N) is 1. The van der Waals surface area contributed by atoms with Gasteiger partial charge in [0, 0.05) is 25.6 Å². The number of piperidine rings is 1. The molecule has 1 N–H and O–H groups in total. The monoisotopic (exact) mass is 238 g/mol. The van der Waals surface area contributed by atoms with E-state index in [0.29, 0.717) is 25.9 Å². The normalized spacial score (nSPS) is 22.2. The van der Waals surface area contributed by atoms with E-state index in [9.17, 15) is 18.0 Å². The van der Waals surface area contributed by atoms with Gasteiger partial charge in [-0.05, 0) is 12.8 Å². The lowest BCUT2D eigenvalue weighted by atomic mass is 10.1. The maximum Gasteiger partial charge on any atom is 0.401 e. The second-order valence-corrected chi connectivity index (χ2v) is 4.03. The zero-order valence-electron chi connectivity index (χ0n) is 9.31. The van der Waals surface area contributed by atoms with Crippen molar-refractivity contribution in [2.75, 3.05) is 19.6 Å². The molecular weight excluding hydrogens is 221 g/mol. The smallest absolute Gasteiger partial charge is 0.341 e. The maximum absolute atomic E-state index is 12.0. The predicted molar refractivity (Wildman–Crippen MR) is 54.0 cm³/mol. The molecule has 0 aliphatic carbocycles. The highest BCUT2D eigenvalue weighted by atomic mass is 19.4. The maximum atomic E-state index is 12.0. The fraction of sp³-hybridized carbons (Fsp3) is 0.900. The molecule has 16 heavy (non-hydrogen) atoms. The summed E-state index contributed by atoms with van der Waals surface area (Å²) in [5.74, 6) is 0.0125. The van der Waals surface area contributed by atoms with Gasteiger partial charge >= 0.3 is 6.18 Å². The van der Waals surface area contributed by atoms with Crippen molar-refractivity contribution in [3.05, 3.63) is 0 Å². The lowest BCUT2D eigenvalue weighted by molar-refractivity contribution is -0.133. The molecule has 1 saturated heterocycles. The Balaban J connectivity index is 2.36. The molecule has 1 unspecified atom stereocenters. The third kappa shape index (κ3) is 4.38. The van der Waals surface area contributed by atoms with E-state index in [1.807, 2.05) is 0 Å². The first-order valence-electron chi connectivity index (χ1n) is 5.50. The van der Waals surface area contributed by atoms with E-state index in [0.717, 1.165) is 6.42 Å². The van der Waals surface area contributed by atoms with Crippen LogP contribution in [0.1, 0.15) is 26.2 Å². The highest BCUT2D eigenvalue weighted by Gasteiger charge is 2.30. The van der Waals surface area contributed by atoms with Crippen LogP contribution in [0.2, 0.25) is 0 Å². The minimum absolute atomic E-state index is 0.0125. The highest BCUT2D eigenvalue weighted by Crippen LogP contribution is 2.15. The van der Waals surface area contributed by atoms with Crippen LogP contribution in [0.25, 0.3) is 0 Å². The van der Waals surface area contributed by atoms with Crippen LogP contribution in [0.3, 0.4) is 0 Å². The summed E-state index contributed by atoms with van der Waals surface area (Å²) in [4.78, 5) is 13.0. The molecule has 0 radical (unpaired) electrons. The number of rotatable bonds is 3. The van der Waals surface area contributed by atoms with Crippen molar-refractivity contribution in [3.63, 3.8) is 0 Å². The Labute approximate surface area is 93.0 Å². The molecule has 0 aromatic heterocycles. The average molecular weight is 238 g/mol. The summed E-state index contributed by atoms with van der Waals surface area (Å²) < 4.78 is 36.0. The van der Waals surface area contributed by atoms with Crippen molar-refractivity contribution in [3.8, 4) is 0 Å². The number of carbonyl (C=O) groups excluding carboxylic acids is 1. The summed E-state index contributed by atoms with van der Waals surface area (Å²) in [7, 11) is 0. The molecule has 1 fully saturated rings. The van der Waals surface area contributed by atoms with E-state index in [2.05, 4.69) is 5.32 Å². The molecule has 0 spiro atoms. The molecule has 1 aliphatic heterocycles. The molecule has 3 nitrogen and oxygen atoms in total. The minimum atomic E-state index is -4.18. The van der Waals surface area contributed by atoms with Gasteiger partial charge in [0.05, 0.1) is 6.54 Å². The SMILES string of the molecule is CCC(=O)N1CCCC(NCC(F)(F)F)C1. The Morgan fingerprint density at radius 3 is 2.75 bits per heavy atom. The van der Waals surface area contributed by atoms with E-state index in [1.54, 1.807) is 11.8 Å². The van der Waals surface area contributed by atoms with Crippen LogP contribution in [-0.2, 0) is 4.79 Å². The predicted octanol–water partition coefficient (Wildman–Crippen LogP) is 1.54. The van der Waals surface area contributed by atoms with Crippen molar-refractivity contribution in [2.45, 2.75) is 38.4 Å². The van der Waals surface area contributed by atoms with E-state index < -0.39 is 12.7 Å². The zero-order chi connectivity index (χ0) is 12.2. The first-order chi connectivity index (χ1) is 7.42. The highest BCUT2D eigenvalue weighted by molar-refractivity contribution is 5.75. The van der Waals surface area contributed by atoms with E-state index in [-0.39, 0.29) is 11.9 Å². The topological polar surface area (TPSA) is 32.3 Å². The third-order valence-corrected chi connectivity index (χ3v) is 2.67. The molecule has 0 aromatic rings. The van der Waals surface area contributed by atoms with Gasteiger partial charge in [0.25, 0.3) is 0 Å². The van der Waals surface area contributed by atoms with Crippen LogP contribution in [-0.4, -0.2) is 42.7 Å². The Morgan fingerprint density at radius 2 is 2.19 bits per heavy atom. The van der Waals surface area contributed by atoms with Crippen LogP contribution in [0.15, 0.2) is 0 Å². The summed E-state index contributed by atoms with van der Waals surface area (Å²) >= 11 is 0. The second kappa shape index (κ2) is 5.52. The molecule has 0 bridgehead atoms. The summed E-state index contributed by atoms with van der Waals surface area (Å²) in [6.07, 6.45) is -2.31. The van der Waals surface area contributed by atoms with Gasteiger partial charge in [-0.25, -0.2) is 0 Å². The van der Waals surface area contributed by atoms with Crippen LogP contribution < -0.4 is 5.32 Å². The number of likely N-dealkylation sites (tertiary alicyclic amines) is 1. The Kier molecular flexibility index (Phi) is 4.58. The van der Waals surface area contributed by atoms with Crippen LogP contribution >= 0.6 is 0 Å². The average Bonchev–Trinajstić information content (AvgIpc) is 2.25. The number of hydrogen-bond acceptors (Lipinski definition) is 2. The quantitative estimate of drug-likeness (QED) is 0.809. The number of carbonyl (C=O) groups is 1. The van der Waals surface area contributed by atoms with Crippen LogP contribution in [0, 0.1) is 0 Å². The molecule has 94 valence electrons. The first kappa shape index (κ1) is 13.3. The Bertz CT molecular complexity index is 243. The molecule has 0 aromatic carbocycles. The lowest BCUT2D eigenvalue weighted by Gasteiger charge is -2.33. The molecule has 6 heteroatoms. The fourth-order valence-electron chi connectivity index (χ4n) is 1.85. The van der Waals surface area contributed by atoms with Crippen molar-refractivity contribution < 1.29 is 18.0 Å². The summed E-state index contributed by atoms with van der Waals surface area (Å²) in [5, 5.41) is 2.45. The van der Waals surface area contributed by atoms with Gasteiger partial charge in [-0.3, -0.25) is 4.79 Å². The van der Waals surface area contributed by atoms with E-state index >= 15 is 0 Å². The Morgan fingerprint density at radius 1 is 1.50 bits per heavy atom. The summed E-state index contributed by atoms with van der Waals surface area (Å²) in [6.45, 7) is 1.83. The number of amides is 1. The third-order valence-electron chi connectivity index (χ3n) is 2.67. The molecule has 1 amide bonds. The van der Waals surface area contributed by atoms with Gasteiger partial charge in [0.2, 0.25) is 5.91 Å². The van der Waals surface area contributed by atoms with Gasteiger partial charge < -0.3 is 10.2 Å². The van der Waals surface area contributed by atoms with Gasteiger partial charge in [-0.15, -0.1) is 0 Å². The molecule has 1 rings (SSSR count).